The van der Waals surface area contributed by atoms with E-state index in [4.69, 9.17) is 32.4 Å². The van der Waals surface area contributed by atoms with Crippen LogP contribution in [0.3, 0.4) is 0 Å². The van der Waals surface area contributed by atoms with Gasteiger partial charge < -0.3 is 14.5 Å². The molecule has 4 aromatic rings. The molecule has 0 spiro atoms. The number of aromatic nitrogens is 1. The average Bonchev–Trinajstić information content (AvgIpc) is 3.13. The van der Waals surface area contributed by atoms with Crippen LogP contribution in [0.1, 0.15) is 5.56 Å². The van der Waals surface area contributed by atoms with Gasteiger partial charge in [0.25, 0.3) is 5.91 Å². The van der Waals surface area contributed by atoms with Gasteiger partial charge in [0.2, 0.25) is 5.89 Å². The molecule has 0 aliphatic carbocycles. The molecule has 0 aliphatic rings. The van der Waals surface area contributed by atoms with Crippen LogP contribution >= 0.6 is 23.2 Å². The summed E-state index contributed by atoms with van der Waals surface area (Å²) in [6.45, 7) is 1.81. The highest BCUT2D eigenvalue weighted by atomic mass is 35.5. The zero-order valence-corrected chi connectivity index (χ0v) is 16.9. The Labute approximate surface area is 177 Å². The number of nitrogens with zero attached hydrogens (tertiary/aromatic N) is 1. The van der Waals surface area contributed by atoms with Gasteiger partial charge in [-0.15, -0.1) is 0 Å². The molecule has 0 saturated heterocycles. The van der Waals surface area contributed by atoms with Crippen molar-refractivity contribution in [3.63, 3.8) is 0 Å². The van der Waals surface area contributed by atoms with Gasteiger partial charge in [-0.3, -0.25) is 4.79 Å². The SMILES string of the molecule is Cc1ccc(-c2nc3cc(NC(=O)COc4ccc(Cl)cc4)ccc3o2)cc1Cl. The molecular formula is C22H16Cl2N2O3. The molecule has 0 aliphatic heterocycles. The van der Waals surface area contributed by atoms with Gasteiger partial charge in [-0.1, -0.05) is 29.3 Å². The van der Waals surface area contributed by atoms with E-state index < -0.39 is 0 Å². The van der Waals surface area contributed by atoms with Gasteiger partial charge in [-0.2, -0.15) is 0 Å². The first-order valence-corrected chi connectivity index (χ1v) is 9.59. The second-order valence-corrected chi connectivity index (χ2v) is 7.30. The molecule has 7 heteroatoms. The fourth-order valence-corrected chi connectivity index (χ4v) is 3.04. The molecule has 0 saturated carbocycles. The highest BCUT2D eigenvalue weighted by Crippen LogP contribution is 2.29. The van der Waals surface area contributed by atoms with Crippen LogP contribution in [0, 0.1) is 6.92 Å². The van der Waals surface area contributed by atoms with Crippen LogP contribution in [0.4, 0.5) is 5.69 Å². The Kier molecular flexibility index (Phi) is 5.43. The maximum absolute atomic E-state index is 12.2. The quantitative estimate of drug-likeness (QED) is 0.416. The zero-order chi connectivity index (χ0) is 20.4. The highest BCUT2D eigenvalue weighted by Gasteiger charge is 2.11. The summed E-state index contributed by atoms with van der Waals surface area (Å²) in [4.78, 5) is 16.7. The van der Waals surface area contributed by atoms with Gasteiger partial charge in [-0.25, -0.2) is 4.98 Å². The number of oxazole rings is 1. The molecule has 1 aromatic heterocycles. The molecule has 1 heterocycles. The number of rotatable bonds is 5. The van der Waals surface area contributed by atoms with Crippen molar-refractivity contribution in [2.24, 2.45) is 0 Å². The van der Waals surface area contributed by atoms with Gasteiger partial charge in [-0.05, 0) is 67.1 Å². The Bertz CT molecular complexity index is 1190. The second kappa shape index (κ2) is 8.15. The van der Waals surface area contributed by atoms with Crippen molar-refractivity contribution in [1.82, 2.24) is 4.98 Å². The van der Waals surface area contributed by atoms with E-state index in [1.54, 1.807) is 42.5 Å². The topological polar surface area (TPSA) is 64.4 Å². The van der Waals surface area contributed by atoms with E-state index in [1.165, 1.54) is 0 Å². The first-order chi connectivity index (χ1) is 14.0. The van der Waals surface area contributed by atoms with E-state index in [0.29, 0.717) is 38.5 Å². The number of aryl methyl sites for hydroxylation is 1. The molecule has 5 nitrogen and oxygen atoms in total. The lowest BCUT2D eigenvalue weighted by molar-refractivity contribution is -0.118. The predicted molar refractivity (Wildman–Crippen MR) is 115 cm³/mol. The lowest BCUT2D eigenvalue weighted by atomic mass is 10.1. The number of carbonyl (C=O) groups excluding carboxylic acids is 1. The number of hydrogen-bond acceptors (Lipinski definition) is 4. The Morgan fingerprint density at radius 3 is 2.62 bits per heavy atom. The maximum atomic E-state index is 12.2. The fourth-order valence-electron chi connectivity index (χ4n) is 2.73. The van der Waals surface area contributed by atoms with Crippen molar-refractivity contribution < 1.29 is 13.9 Å². The van der Waals surface area contributed by atoms with Crippen LogP contribution in [0.5, 0.6) is 5.75 Å². The minimum absolute atomic E-state index is 0.119. The molecule has 0 atom stereocenters. The summed E-state index contributed by atoms with van der Waals surface area (Å²) in [5.74, 6) is 0.752. The number of hydrogen-bond donors (Lipinski definition) is 1. The summed E-state index contributed by atoms with van der Waals surface area (Å²) in [5, 5.41) is 4.05. The molecule has 0 fully saturated rings. The zero-order valence-electron chi connectivity index (χ0n) is 15.4. The largest absolute Gasteiger partial charge is 0.484 e. The number of carbonyl (C=O) groups is 1. The van der Waals surface area contributed by atoms with Crippen LogP contribution in [-0.2, 0) is 4.79 Å². The number of ether oxygens (including phenoxy) is 1. The molecule has 3 aromatic carbocycles. The van der Waals surface area contributed by atoms with Gasteiger partial charge >= 0.3 is 0 Å². The molecule has 1 N–H and O–H groups in total. The Morgan fingerprint density at radius 2 is 1.86 bits per heavy atom. The number of halogens is 2. The van der Waals surface area contributed by atoms with E-state index in [0.717, 1.165) is 11.1 Å². The number of fused-ring (bicyclic) bond motifs is 1. The van der Waals surface area contributed by atoms with Crippen LogP contribution < -0.4 is 10.1 Å². The third kappa shape index (κ3) is 4.53. The van der Waals surface area contributed by atoms with E-state index in [9.17, 15) is 4.79 Å². The van der Waals surface area contributed by atoms with Crippen LogP contribution in [0.2, 0.25) is 10.0 Å². The smallest absolute Gasteiger partial charge is 0.262 e. The summed E-state index contributed by atoms with van der Waals surface area (Å²) < 4.78 is 11.3. The molecule has 146 valence electrons. The van der Waals surface area contributed by atoms with Gasteiger partial charge in [0.1, 0.15) is 11.3 Å². The third-order valence-corrected chi connectivity index (χ3v) is 4.93. The standard InChI is InChI=1S/C22H16Cl2N2O3/c1-13-2-3-14(10-18(13)24)22-26-19-11-16(6-9-20(19)29-22)25-21(27)12-28-17-7-4-15(23)5-8-17/h2-11H,12H2,1H3,(H,25,27). The predicted octanol–water partition coefficient (Wildman–Crippen LogP) is 6.13. The molecule has 0 bridgehead atoms. The Hall–Kier alpha value is -3.02. The third-order valence-electron chi connectivity index (χ3n) is 4.27. The van der Waals surface area contributed by atoms with E-state index >= 15 is 0 Å². The minimum Gasteiger partial charge on any atom is -0.484 e. The van der Waals surface area contributed by atoms with Gasteiger partial charge in [0.15, 0.2) is 12.2 Å². The van der Waals surface area contributed by atoms with Crippen molar-refractivity contribution >= 4 is 45.9 Å². The van der Waals surface area contributed by atoms with Crippen molar-refractivity contribution in [1.29, 1.82) is 0 Å². The molecule has 0 unspecified atom stereocenters. The van der Waals surface area contributed by atoms with E-state index in [1.807, 2.05) is 25.1 Å². The van der Waals surface area contributed by atoms with Crippen molar-refractivity contribution in [2.45, 2.75) is 6.92 Å². The Balaban J connectivity index is 1.46. The van der Waals surface area contributed by atoms with E-state index in [2.05, 4.69) is 10.3 Å². The number of benzene rings is 3. The van der Waals surface area contributed by atoms with Gasteiger partial charge in [0.05, 0.1) is 0 Å². The summed E-state index contributed by atoms with van der Waals surface area (Å²) in [7, 11) is 0. The lowest BCUT2D eigenvalue weighted by Gasteiger charge is -2.07. The number of amides is 1. The highest BCUT2D eigenvalue weighted by molar-refractivity contribution is 6.31. The molecule has 1 amide bonds. The molecule has 0 radical (unpaired) electrons. The monoisotopic (exact) mass is 426 g/mol. The lowest BCUT2D eigenvalue weighted by Crippen LogP contribution is -2.20. The number of nitrogens with one attached hydrogen (secondary N) is 1. The first kappa shape index (κ1) is 19.3. The maximum Gasteiger partial charge on any atom is 0.262 e. The molecule has 29 heavy (non-hydrogen) atoms. The summed E-state index contributed by atoms with van der Waals surface area (Å²) >= 11 is 12.0. The van der Waals surface area contributed by atoms with Crippen molar-refractivity contribution in [2.75, 3.05) is 11.9 Å². The molecular weight excluding hydrogens is 411 g/mol. The summed E-state index contributed by atoms with van der Waals surface area (Å²) in [6.07, 6.45) is 0. The van der Waals surface area contributed by atoms with E-state index in [-0.39, 0.29) is 12.5 Å². The summed E-state index contributed by atoms with van der Waals surface area (Å²) in [6, 6.07) is 17.7. The second-order valence-electron chi connectivity index (χ2n) is 6.46. The van der Waals surface area contributed by atoms with Crippen molar-refractivity contribution in [3.05, 3.63) is 76.3 Å². The van der Waals surface area contributed by atoms with Crippen LogP contribution in [-0.4, -0.2) is 17.5 Å². The minimum atomic E-state index is -0.284. The van der Waals surface area contributed by atoms with Crippen molar-refractivity contribution in [3.8, 4) is 17.2 Å². The Morgan fingerprint density at radius 1 is 1.07 bits per heavy atom. The van der Waals surface area contributed by atoms with Crippen LogP contribution in [0.25, 0.3) is 22.6 Å². The summed E-state index contributed by atoms with van der Waals surface area (Å²) in [5.41, 5.74) is 3.63. The average molecular weight is 427 g/mol. The van der Waals surface area contributed by atoms with Crippen LogP contribution in [0.15, 0.2) is 65.1 Å². The molecule has 4 rings (SSSR count). The van der Waals surface area contributed by atoms with Gasteiger partial charge in [0, 0.05) is 21.3 Å². The normalized spacial score (nSPS) is 10.9. The first-order valence-electron chi connectivity index (χ1n) is 8.83. The fraction of sp³-hybridized carbons (Fsp3) is 0.0909. The number of anilines is 1.